The topological polar surface area (TPSA) is 42.0 Å². The Hall–Kier alpha value is -3.31. The fourth-order valence-corrected chi connectivity index (χ4v) is 3.67. The minimum atomic E-state index is -0.370. The maximum absolute atomic E-state index is 13.2. The summed E-state index contributed by atoms with van der Waals surface area (Å²) in [6.45, 7) is 0. The van der Waals surface area contributed by atoms with Gasteiger partial charge in [-0.05, 0) is 36.4 Å². The van der Waals surface area contributed by atoms with Crippen molar-refractivity contribution in [3.8, 4) is 11.3 Å². The zero-order chi connectivity index (χ0) is 18.6. The van der Waals surface area contributed by atoms with Gasteiger partial charge in [-0.2, -0.15) is 0 Å². The Morgan fingerprint density at radius 2 is 1.48 bits per heavy atom. The largest absolute Gasteiger partial charge is 0.332 e. The number of halogens is 1. The van der Waals surface area contributed by atoms with E-state index in [0.717, 1.165) is 11.3 Å². The molecule has 132 valence electrons. The first-order valence-corrected chi connectivity index (χ1v) is 9.21. The van der Waals surface area contributed by atoms with Crippen LogP contribution in [0.2, 0.25) is 0 Å². The molecule has 0 atom stereocenters. The Balaban J connectivity index is 1.76. The lowest BCUT2D eigenvalue weighted by Crippen LogP contribution is -2.00. The fraction of sp³-hybridized carbons (Fsp3) is 0. The zero-order valence-electron chi connectivity index (χ0n) is 14.2. The molecule has 0 bridgehead atoms. The first kappa shape index (κ1) is 17.1. The molecule has 4 aromatic rings. The van der Waals surface area contributed by atoms with Crippen molar-refractivity contribution in [3.63, 3.8) is 0 Å². The summed E-state index contributed by atoms with van der Waals surface area (Å²) in [5.41, 5.74) is 2.81. The van der Waals surface area contributed by atoms with Crippen molar-refractivity contribution in [2.75, 3.05) is 5.32 Å². The number of thiazole rings is 1. The van der Waals surface area contributed by atoms with E-state index in [1.54, 1.807) is 0 Å². The molecule has 4 rings (SSSR count). The molecule has 0 saturated carbocycles. The summed E-state index contributed by atoms with van der Waals surface area (Å²) in [6.07, 6.45) is 0. The molecule has 0 spiro atoms. The number of carbonyl (C=O) groups is 1. The SMILES string of the molecule is O=C(c1ccc(F)cc1)c1sc(Nc2ccccc2)nc1-c1ccccc1. The van der Waals surface area contributed by atoms with Crippen LogP contribution < -0.4 is 5.32 Å². The lowest BCUT2D eigenvalue weighted by Gasteiger charge is -2.02. The Kier molecular flexibility index (Phi) is 4.77. The number of nitrogens with one attached hydrogen (secondary N) is 1. The molecule has 1 heterocycles. The van der Waals surface area contributed by atoms with E-state index < -0.39 is 0 Å². The third-order valence-corrected chi connectivity index (χ3v) is 4.98. The van der Waals surface area contributed by atoms with Gasteiger partial charge in [-0.3, -0.25) is 4.79 Å². The second-order valence-corrected chi connectivity index (χ2v) is 6.89. The molecule has 0 aliphatic carbocycles. The molecule has 0 fully saturated rings. The normalized spacial score (nSPS) is 10.6. The third kappa shape index (κ3) is 3.78. The van der Waals surface area contributed by atoms with Gasteiger partial charge >= 0.3 is 0 Å². The van der Waals surface area contributed by atoms with E-state index in [9.17, 15) is 9.18 Å². The highest BCUT2D eigenvalue weighted by atomic mass is 32.1. The molecule has 0 radical (unpaired) electrons. The van der Waals surface area contributed by atoms with E-state index in [1.165, 1.54) is 35.6 Å². The van der Waals surface area contributed by atoms with E-state index >= 15 is 0 Å². The van der Waals surface area contributed by atoms with Crippen LogP contribution in [0.4, 0.5) is 15.2 Å². The Morgan fingerprint density at radius 3 is 2.15 bits per heavy atom. The molecule has 1 N–H and O–H groups in total. The number of anilines is 2. The molecule has 3 nitrogen and oxygen atoms in total. The summed E-state index contributed by atoms with van der Waals surface area (Å²) in [5.74, 6) is -0.543. The number of carbonyl (C=O) groups excluding carboxylic acids is 1. The quantitative estimate of drug-likeness (QED) is 0.441. The highest BCUT2D eigenvalue weighted by Gasteiger charge is 2.21. The number of rotatable bonds is 5. The minimum Gasteiger partial charge on any atom is -0.332 e. The molecule has 1 aromatic heterocycles. The predicted molar refractivity (Wildman–Crippen MR) is 107 cm³/mol. The molecule has 5 heteroatoms. The van der Waals surface area contributed by atoms with Gasteiger partial charge in [0.2, 0.25) is 5.78 Å². The van der Waals surface area contributed by atoms with Crippen LogP contribution in [-0.4, -0.2) is 10.8 Å². The van der Waals surface area contributed by atoms with Gasteiger partial charge in [-0.15, -0.1) is 0 Å². The van der Waals surface area contributed by atoms with E-state index in [0.29, 0.717) is 21.3 Å². The van der Waals surface area contributed by atoms with Crippen LogP contribution in [0.1, 0.15) is 15.2 Å². The summed E-state index contributed by atoms with van der Waals surface area (Å²) < 4.78 is 13.2. The summed E-state index contributed by atoms with van der Waals surface area (Å²) in [6, 6.07) is 24.8. The van der Waals surface area contributed by atoms with Crippen molar-refractivity contribution >= 4 is 27.9 Å². The lowest BCUT2D eigenvalue weighted by atomic mass is 10.1. The fourth-order valence-electron chi connectivity index (χ4n) is 2.70. The maximum atomic E-state index is 13.2. The van der Waals surface area contributed by atoms with Gasteiger partial charge in [0.15, 0.2) is 5.13 Å². The van der Waals surface area contributed by atoms with Crippen LogP contribution >= 0.6 is 11.3 Å². The first-order chi connectivity index (χ1) is 13.2. The van der Waals surface area contributed by atoms with Crippen molar-refractivity contribution in [3.05, 3.63) is 101 Å². The Bertz CT molecular complexity index is 1060. The van der Waals surface area contributed by atoms with E-state index in [4.69, 9.17) is 0 Å². The average Bonchev–Trinajstić information content (AvgIpc) is 3.13. The second-order valence-electron chi connectivity index (χ2n) is 5.89. The van der Waals surface area contributed by atoms with Crippen molar-refractivity contribution in [1.29, 1.82) is 0 Å². The van der Waals surface area contributed by atoms with Crippen molar-refractivity contribution in [2.45, 2.75) is 0 Å². The van der Waals surface area contributed by atoms with Gasteiger partial charge in [-0.1, -0.05) is 59.9 Å². The zero-order valence-corrected chi connectivity index (χ0v) is 15.0. The third-order valence-electron chi connectivity index (χ3n) is 4.01. The summed E-state index contributed by atoms with van der Waals surface area (Å²) in [7, 11) is 0. The van der Waals surface area contributed by atoms with Crippen LogP contribution in [0.5, 0.6) is 0 Å². The number of nitrogens with zero attached hydrogens (tertiary/aromatic N) is 1. The number of aromatic nitrogens is 1. The summed E-state index contributed by atoms with van der Waals surface area (Å²) >= 11 is 1.29. The van der Waals surface area contributed by atoms with Crippen LogP contribution in [0.15, 0.2) is 84.9 Å². The summed E-state index contributed by atoms with van der Waals surface area (Å²) in [4.78, 5) is 18.2. The standard InChI is InChI=1S/C22H15FN2OS/c23-17-13-11-16(12-14-17)20(26)21-19(15-7-3-1-4-8-15)25-22(27-21)24-18-9-5-2-6-10-18/h1-14H,(H,24,25). The molecule has 0 aliphatic heterocycles. The van der Waals surface area contributed by atoms with Crippen LogP contribution in [0.25, 0.3) is 11.3 Å². The Morgan fingerprint density at radius 1 is 0.852 bits per heavy atom. The van der Waals surface area contributed by atoms with Crippen molar-refractivity contribution in [2.24, 2.45) is 0 Å². The number of benzene rings is 3. The smallest absolute Gasteiger partial charge is 0.205 e. The maximum Gasteiger partial charge on any atom is 0.205 e. The molecule has 0 saturated heterocycles. The molecule has 0 amide bonds. The van der Waals surface area contributed by atoms with Gasteiger partial charge < -0.3 is 5.32 Å². The van der Waals surface area contributed by atoms with Crippen LogP contribution in [0, 0.1) is 5.82 Å². The number of para-hydroxylation sites is 1. The summed E-state index contributed by atoms with van der Waals surface area (Å²) in [5, 5.41) is 3.88. The number of hydrogen-bond acceptors (Lipinski definition) is 4. The van der Waals surface area contributed by atoms with E-state index in [-0.39, 0.29) is 11.6 Å². The molecule has 0 aliphatic rings. The van der Waals surface area contributed by atoms with Gasteiger partial charge in [0.05, 0.1) is 5.69 Å². The average molecular weight is 374 g/mol. The van der Waals surface area contributed by atoms with Crippen LogP contribution in [0.3, 0.4) is 0 Å². The first-order valence-electron chi connectivity index (χ1n) is 8.39. The molecule has 3 aromatic carbocycles. The minimum absolute atomic E-state index is 0.174. The van der Waals surface area contributed by atoms with E-state index in [2.05, 4.69) is 10.3 Å². The van der Waals surface area contributed by atoms with Crippen LogP contribution in [-0.2, 0) is 0 Å². The highest BCUT2D eigenvalue weighted by molar-refractivity contribution is 7.18. The number of ketones is 1. The monoisotopic (exact) mass is 374 g/mol. The van der Waals surface area contributed by atoms with Gasteiger partial charge in [0.25, 0.3) is 0 Å². The van der Waals surface area contributed by atoms with Crippen molar-refractivity contribution < 1.29 is 9.18 Å². The molecule has 0 unspecified atom stereocenters. The second kappa shape index (κ2) is 7.51. The van der Waals surface area contributed by atoms with Gasteiger partial charge in [-0.25, -0.2) is 9.37 Å². The molecular formula is C22H15FN2OS. The molecule has 27 heavy (non-hydrogen) atoms. The van der Waals surface area contributed by atoms with E-state index in [1.807, 2.05) is 60.7 Å². The highest BCUT2D eigenvalue weighted by Crippen LogP contribution is 2.34. The molecular weight excluding hydrogens is 359 g/mol. The van der Waals surface area contributed by atoms with Crippen molar-refractivity contribution in [1.82, 2.24) is 4.98 Å². The number of hydrogen-bond donors (Lipinski definition) is 1. The predicted octanol–water partition coefficient (Wildman–Crippen LogP) is 5.92. The van der Waals surface area contributed by atoms with Gasteiger partial charge in [0.1, 0.15) is 10.7 Å². The Labute approximate surface area is 160 Å². The lowest BCUT2D eigenvalue weighted by molar-refractivity contribution is 0.104. The van der Waals surface area contributed by atoms with Gasteiger partial charge in [0, 0.05) is 16.8 Å².